The molecule has 110 valence electrons. The number of ether oxygens (including phenoxy) is 1. The molecule has 0 aliphatic rings. The Bertz CT molecular complexity index is 349. The maximum Gasteiger partial charge on any atom is 0.328 e. The van der Waals surface area contributed by atoms with Crippen molar-refractivity contribution in [2.75, 3.05) is 6.54 Å². The predicted molar refractivity (Wildman–Crippen MR) is 68.6 cm³/mol. The third-order valence-corrected chi connectivity index (χ3v) is 2.09. The minimum absolute atomic E-state index is 0.263. The van der Waals surface area contributed by atoms with Gasteiger partial charge in [0.15, 0.2) is 6.04 Å². The van der Waals surface area contributed by atoms with Gasteiger partial charge < -0.3 is 20.5 Å². The van der Waals surface area contributed by atoms with Crippen molar-refractivity contribution >= 4 is 17.8 Å². The first-order valence-corrected chi connectivity index (χ1v) is 5.97. The van der Waals surface area contributed by atoms with Crippen LogP contribution < -0.4 is 10.6 Å². The highest BCUT2D eigenvalue weighted by Crippen LogP contribution is 2.13. The average Bonchev–Trinajstić information content (AvgIpc) is 2.19. The van der Waals surface area contributed by atoms with E-state index in [0.717, 1.165) is 0 Å². The topological polar surface area (TPSA) is 105 Å². The fourth-order valence-corrected chi connectivity index (χ4v) is 1.43. The molecule has 0 radical (unpaired) electrons. The standard InChI is InChI=1S/C12H22N2O5/c1-7(19-12(3,4)5)10(11(17)18)14-9(16)6-13-8(2)15/h7,10H,6H2,1-5H3,(H,13,15)(H,14,16)(H,17,18)/t7-,10+/m0/s1. The van der Waals surface area contributed by atoms with E-state index in [2.05, 4.69) is 10.6 Å². The smallest absolute Gasteiger partial charge is 0.328 e. The van der Waals surface area contributed by atoms with E-state index in [1.807, 2.05) is 0 Å². The Labute approximate surface area is 112 Å². The molecule has 0 saturated carbocycles. The van der Waals surface area contributed by atoms with E-state index in [-0.39, 0.29) is 12.5 Å². The quantitative estimate of drug-likeness (QED) is 0.627. The van der Waals surface area contributed by atoms with Gasteiger partial charge in [0.2, 0.25) is 11.8 Å². The maximum absolute atomic E-state index is 11.5. The average molecular weight is 274 g/mol. The lowest BCUT2D eigenvalue weighted by atomic mass is 10.1. The number of amides is 2. The van der Waals surface area contributed by atoms with Crippen molar-refractivity contribution in [3.05, 3.63) is 0 Å². The summed E-state index contributed by atoms with van der Waals surface area (Å²) in [4.78, 5) is 33.3. The molecule has 0 bridgehead atoms. The maximum atomic E-state index is 11.5. The van der Waals surface area contributed by atoms with Gasteiger partial charge in [0.1, 0.15) is 0 Å². The summed E-state index contributed by atoms with van der Waals surface area (Å²) in [5, 5.41) is 13.7. The Morgan fingerprint density at radius 3 is 2.16 bits per heavy atom. The molecule has 0 heterocycles. The zero-order chi connectivity index (χ0) is 15.2. The highest BCUT2D eigenvalue weighted by Gasteiger charge is 2.30. The number of nitrogens with one attached hydrogen (secondary N) is 2. The molecule has 0 aromatic heterocycles. The van der Waals surface area contributed by atoms with Gasteiger partial charge in [-0.3, -0.25) is 9.59 Å². The first-order chi connectivity index (χ1) is 8.53. The molecule has 7 heteroatoms. The SMILES string of the molecule is CC(=O)NCC(=O)N[C@@H](C(=O)O)[C@H](C)OC(C)(C)C. The van der Waals surface area contributed by atoms with E-state index in [1.54, 1.807) is 27.7 Å². The fourth-order valence-electron chi connectivity index (χ4n) is 1.43. The molecule has 2 amide bonds. The van der Waals surface area contributed by atoms with E-state index in [9.17, 15) is 14.4 Å². The predicted octanol–water partition coefficient (Wildman–Crippen LogP) is -0.104. The molecule has 0 unspecified atom stereocenters. The highest BCUT2D eigenvalue weighted by atomic mass is 16.5. The number of carboxylic acid groups (broad SMARTS) is 1. The molecule has 0 fully saturated rings. The second kappa shape index (κ2) is 7.08. The monoisotopic (exact) mass is 274 g/mol. The van der Waals surface area contributed by atoms with E-state index >= 15 is 0 Å². The number of aliphatic carboxylic acids is 1. The van der Waals surface area contributed by atoms with Crippen molar-refractivity contribution in [1.29, 1.82) is 0 Å². The van der Waals surface area contributed by atoms with Crippen molar-refractivity contribution in [2.24, 2.45) is 0 Å². The van der Waals surface area contributed by atoms with Crippen LogP contribution in [0.25, 0.3) is 0 Å². The number of hydrogen-bond acceptors (Lipinski definition) is 4. The molecule has 19 heavy (non-hydrogen) atoms. The molecule has 2 atom stereocenters. The Kier molecular flexibility index (Phi) is 6.47. The van der Waals surface area contributed by atoms with Crippen LogP contribution in [0.3, 0.4) is 0 Å². The van der Waals surface area contributed by atoms with Gasteiger partial charge in [0.25, 0.3) is 0 Å². The van der Waals surface area contributed by atoms with Gasteiger partial charge in [-0.05, 0) is 27.7 Å². The van der Waals surface area contributed by atoms with Crippen LogP contribution in [0.4, 0.5) is 0 Å². The molecule has 0 aromatic rings. The van der Waals surface area contributed by atoms with Gasteiger partial charge in [-0.25, -0.2) is 4.79 Å². The van der Waals surface area contributed by atoms with Crippen LogP contribution in [0.15, 0.2) is 0 Å². The molecule has 0 aliphatic carbocycles. The third-order valence-electron chi connectivity index (χ3n) is 2.09. The zero-order valence-corrected chi connectivity index (χ0v) is 11.9. The van der Waals surface area contributed by atoms with Crippen molar-refractivity contribution in [2.45, 2.75) is 52.4 Å². The van der Waals surface area contributed by atoms with Crippen LogP contribution in [0.5, 0.6) is 0 Å². The molecule has 0 aliphatic heterocycles. The van der Waals surface area contributed by atoms with Crippen molar-refractivity contribution in [3.8, 4) is 0 Å². The van der Waals surface area contributed by atoms with Crippen LogP contribution in [0, 0.1) is 0 Å². The van der Waals surface area contributed by atoms with Gasteiger partial charge in [0.05, 0.1) is 18.2 Å². The lowest BCUT2D eigenvalue weighted by molar-refractivity contribution is -0.150. The summed E-state index contributed by atoms with van der Waals surface area (Å²) in [5.74, 6) is -2.12. The summed E-state index contributed by atoms with van der Waals surface area (Å²) in [7, 11) is 0. The summed E-state index contributed by atoms with van der Waals surface area (Å²) in [5.41, 5.74) is -0.518. The first kappa shape index (κ1) is 17.4. The molecule has 3 N–H and O–H groups in total. The van der Waals surface area contributed by atoms with Gasteiger partial charge in [-0.2, -0.15) is 0 Å². The van der Waals surface area contributed by atoms with E-state index < -0.39 is 29.6 Å². The zero-order valence-electron chi connectivity index (χ0n) is 11.9. The Morgan fingerprint density at radius 1 is 1.26 bits per heavy atom. The molecule has 0 saturated heterocycles. The molecular weight excluding hydrogens is 252 g/mol. The number of hydrogen-bond donors (Lipinski definition) is 3. The number of carboxylic acids is 1. The molecule has 0 spiro atoms. The molecule has 0 aromatic carbocycles. The van der Waals surface area contributed by atoms with Crippen molar-refractivity contribution in [3.63, 3.8) is 0 Å². The summed E-state index contributed by atoms with van der Waals surface area (Å²) in [6, 6.07) is -1.17. The molecule has 7 nitrogen and oxygen atoms in total. The summed E-state index contributed by atoms with van der Waals surface area (Å²) in [6.07, 6.45) is -0.696. The van der Waals surface area contributed by atoms with Crippen molar-refractivity contribution < 1.29 is 24.2 Å². The Balaban J connectivity index is 4.53. The summed E-state index contributed by atoms with van der Waals surface area (Å²) in [6.45, 7) is 7.96. The van der Waals surface area contributed by atoms with Crippen molar-refractivity contribution in [1.82, 2.24) is 10.6 Å². The van der Waals surface area contributed by atoms with Crippen LogP contribution in [-0.2, 0) is 19.1 Å². The van der Waals surface area contributed by atoms with Crippen LogP contribution in [-0.4, -0.2) is 47.2 Å². The molecule has 0 rings (SSSR count). The van der Waals surface area contributed by atoms with E-state index in [0.29, 0.717) is 0 Å². The molecular formula is C12H22N2O5. The minimum Gasteiger partial charge on any atom is -0.480 e. The largest absolute Gasteiger partial charge is 0.480 e. The number of carbonyl (C=O) groups is 3. The van der Waals surface area contributed by atoms with Gasteiger partial charge >= 0.3 is 5.97 Å². The summed E-state index contributed by atoms with van der Waals surface area (Å²) < 4.78 is 5.50. The van der Waals surface area contributed by atoms with E-state index in [4.69, 9.17) is 9.84 Å². The van der Waals surface area contributed by atoms with Gasteiger partial charge in [-0.1, -0.05) is 0 Å². The van der Waals surface area contributed by atoms with Crippen LogP contribution in [0.1, 0.15) is 34.6 Å². The van der Waals surface area contributed by atoms with Gasteiger partial charge in [0, 0.05) is 6.92 Å². The second-order valence-electron chi connectivity index (χ2n) is 5.23. The first-order valence-electron chi connectivity index (χ1n) is 5.97. The fraction of sp³-hybridized carbons (Fsp3) is 0.750. The normalized spacial score (nSPS) is 14.4. The van der Waals surface area contributed by atoms with Crippen LogP contribution in [0.2, 0.25) is 0 Å². The number of rotatable bonds is 6. The second-order valence-corrected chi connectivity index (χ2v) is 5.23. The van der Waals surface area contributed by atoms with E-state index in [1.165, 1.54) is 6.92 Å². The summed E-state index contributed by atoms with van der Waals surface area (Å²) >= 11 is 0. The lowest BCUT2D eigenvalue weighted by Crippen LogP contribution is -2.52. The Hall–Kier alpha value is -1.63. The number of carbonyl (C=O) groups excluding carboxylic acids is 2. The minimum atomic E-state index is -1.19. The third kappa shape index (κ3) is 8.15. The van der Waals surface area contributed by atoms with Gasteiger partial charge in [-0.15, -0.1) is 0 Å². The highest BCUT2D eigenvalue weighted by molar-refractivity contribution is 5.87. The Morgan fingerprint density at radius 2 is 1.79 bits per heavy atom. The lowest BCUT2D eigenvalue weighted by Gasteiger charge is -2.29. The van der Waals surface area contributed by atoms with Crippen LogP contribution >= 0.6 is 0 Å².